The quantitative estimate of drug-likeness (QED) is 0.206. The van der Waals surface area contributed by atoms with Crippen LogP contribution in [0.4, 0.5) is 37.7 Å². The lowest BCUT2D eigenvalue weighted by molar-refractivity contribution is -0.120. The second-order valence-electron chi connectivity index (χ2n) is 8.43. The predicted octanol–water partition coefficient (Wildman–Crippen LogP) is 7.38. The van der Waals surface area contributed by atoms with Crippen LogP contribution in [0.3, 0.4) is 0 Å². The summed E-state index contributed by atoms with van der Waals surface area (Å²) in [5.41, 5.74) is 1.62. The first-order valence-corrected chi connectivity index (χ1v) is 11.6. The average molecular weight is 575 g/mol. The van der Waals surface area contributed by atoms with E-state index in [1.165, 1.54) is 21.2 Å². The summed E-state index contributed by atoms with van der Waals surface area (Å²) in [6.45, 7) is -2.19. The van der Waals surface area contributed by atoms with Crippen molar-refractivity contribution in [1.29, 1.82) is 0 Å². The van der Waals surface area contributed by atoms with Crippen LogP contribution in [0.15, 0.2) is 77.3 Å². The molecule has 10 heteroatoms. The van der Waals surface area contributed by atoms with Crippen LogP contribution >= 0.6 is 15.9 Å². The van der Waals surface area contributed by atoms with Gasteiger partial charge >= 0.3 is 12.4 Å². The SMILES string of the molecule is COC(c1ccc(Br)cc1)(c1ccc(N(C)CC(F)(F)F)cc1)c1ccc(N(C)CC(F)(F)F)cc1. The fourth-order valence-electron chi connectivity index (χ4n) is 4.16. The minimum Gasteiger partial charge on any atom is -0.366 e. The third-order valence-corrected chi connectivity index (χ3v) is 6.35. The lowest BCUT2D eigenvalue weighted by atomic mass is 9.80. The van der Waals surface area contributed by atoms with Crippen molar-refractivity contribution >= 4 is 27.3 Å². The molecule has 0 heterocycles. The van der Waals surface area contributed by atoms with Gasteiger partial charge in [-0.15, -0.1) is 0 Å². The molecule has 0 unspecified atom stereocenters. The van der Waals surface area contributed by atoms with Crippen LogP contribution in [-0.2, 0) is 10.3 Å². The summed E-state index contributed by atoms with van der Waals surface area (Å²) in [5.74, 6) is 0. The fraction of sp³-hybridized carbons (Fsp3) is 0.308. The van der Waals surface area contributed by atoms with Crippen molar-refractivity contribution in [3.05, 3.63) is 94.0 Å². The molecular formula is C26H25BrF6N2O. The van der Waals surface area contributed by atoms with Gasteiger partial charge in [-0.3, -0.25) is 0 Å². The maximum absolute atomic E-state index is 12.8. The van der Waals surface area contributed by atoms with Gasteiger partial charge in [0.2, 0.25) is 0 Å². The number of hydrogen-bond acceptors (Lipinski definition) is 3. The molecule has 0 aliphatic rings. The molecule has 3 rings (SSSR count). The van der Waals surface area contributed by atoms with Crippen molar-refractivity contribution in [2.45, 2.75) is 18.0 Å². The van der Waals surface area contributed by atoms with Crippen molar-refractivity contribution in [2.75, 3.05) is 44.1 Å². The Kier molecular flexibility index (Phi) is 8.30. The zero-order valence-corrected chi connectivity index (χ0v) is 21.4. The highest BCUT2D eigenvalue weighted by Gasteiger charge is 2.37. The molecule has 194 valence electrons. The van der Waals surface area contributed by atoms with Crippen molar-refractivity contribution in [2.24, 2.45) is 0 Å². The van der Waals surface area contributed by atoms with Gasteiger partial charge in [0, 0.05) is 37.1 Å². The molecule has 0 bridgehead atoms. The number of hydrogen-bond donors (Lipinski definition) is 0. The van der Waals surface area contributed by atoms with E-state index in [4.69, 9.17) is 4.74 Å². The van der Waals surface area contributed by atoms with Crippen molar-refractivity contribution in [3.8, 4) is 0 Å². The van der Waals surface area contributed by atoms with Crippen LogP contribution in [0.25, 0.3) is 0 Å². The molecule has 0 saturated heterocycles. The first-order valence-electron chi connectivity index (χ1n) is 10.8. The lowest BCUT2D eigenvalue weighted by Crippen LogP contribution is -2.33. The monoisotopic (exact) mass is 574 g/mol. The number of alkyl halides is 6. The molecule has 0 radical (unpaired) electrons. The highest BCUT2D eigenvalue weighted by Crippen LogP contribution is 2.41. The molecule has 0 spiro atoms. The van der Waals surface area contributed by atoms with E-state index in [1.54, 1.807) is 48.5 Å². The Hall–Kier alpha value is -2.72. The number of nitrogens with zero attached hydrogens (tertiary/aromatic N) is 2. The van der Waals surface area contributed by atoms with E-state index in [0.29, 0.717) is 22.5 Å². The topological polar surface area (TPSA) is 15.7 Å². The Morgan fingerprint density at radius 2 is 0.917 bits per heavy atom. The van der Waals surface area contributed by atoms with E-state index < -0.39 is 31.0 Å². The number of methoxy groups -OCH3 is 1. The number of benzene rings is 3. The van der Waals surface area contributed by atoms with Crippen LogP contribution < -0.4 is 9.80 Å². The molecule has 0 aliphatic carbocycles. The van der Waals surface area contributed by atoms with E-state index in [1.807, 2.05) is 24.3 Å². The summed E-state index contributed by atoms with van der Waals surface area (Å²) in [4.78, 5) is 2.20. The molecule has 3 nitrogen and oxygen atoms in total. The second-order valence-corrected chi connectivity index (χ2v) is 9.34. The second kappa shape index (κ2) is 10.7. The maximum atomic E-state index is 12.8. The van der Waals surface area contributed by atoms with Gasteiger partial charge in [0.25, 0.3) is 0 Å². The number of anilines is 2. The molecule has 0 aliphatic heterocycles. The molecule has 0 N–H and O–H groups in total. The first-order chi connectivity index (χ1) is 16.7. The van der Waals surface area contributed by atoms with Gasteiger partial charge in [-0.1, -0.05) is 52.3 Å². The van der Waals surface area contributed by atoms with E-state index in [-0.39, 0.29) is 0 Å². The normalized spacial score (nSPS) is 12.5. The van der Waals surface area contributed by atoms with Crippen LogP contribution in [0.5, 0.6) is 0 Å². The van der Waals surface area contributed by atoms with Gasteiger partial charge < -0.3 is 14.5 Å². The highest BCUT2D eigenvalue weighted by atomic mass is 79.9. The molecule has 0 saturated carbocycles. The summed E-state index contributed by atoms with van der Waals surface area (Å²) < 4.78 is 84.0. The van der Waals surface area contributed by atoms with Crippen molar-refractivity contribution < 1.29 is 31.1 Å². The van der Waals surface area contributed by atoms with Gasteiger partial charge in [0.1, 0.15) is 18.7 Å². The molecule has 0 atom stereocenters. The first kappa shape index (κ1) is 27.9. The molecule has 0 fully saturated rings. The summed E-state index contributed by atoms with van der Waals surface area (Å²) in [6.07, 6.45) is -8.69. The van der Waals surface area contributed by atoms with Crippen LogP contribution in [0.1, 0.15) is 16.7 Å². The van der Waals surface area contributed by atoms with Crippen molar-refractivity contribution in [3.63, 3.8) is 0 Å². The van der Waals surface area contributed by atoms with E-state index >= 15 is 0 Å². The third-order valence-electron chi connectivity index (χ3n) is 5.82. The van der Waals surface area contributed by atoms with Crippen LogP contribution in [-0.4, -0.2) is 46.6 Å². The molecule has 3 aromatic rings. The summed E-state index contributed by atoms with van der Waals surface area (Å²) >= 11 is 3.41. The molecule has 0 aromatic heterocycles. The van der Waals surface area contributed by atoms with E-state index in [2.05, 4.69) is 15.9 Å². The standard InChI is InChI=1S/C26H25BrF6N2O/c1-34(16-24(28,29)30)22-12-6-19(7-13-22)26(36-3,18-4-10-21(27)11-5-18)20-8-14-23(15-9-20)35(2)17-25(31,32)33/h4-15H,16-17H2,1-3H3. The summed E-state index contributed by atoms with van der Waals surface area (Å²) in [7, 11) is 4.23. The van der Waals surface area contributed by atoms with Gasteiger partial charge in [0.15, 0.2) is 0 Å². The minimum atomic E-state index is -4.35. The van der Waals surface area contributed by atoms with Gasteiger partial charge in [-0.05, 0) is 53.1 Å². The number of ether oxygens (including phenoxy) is 1. The maximum Gasteiger partial charge on any atom is 0.405 e. The number of rotatable bonds is 8. The average Bonchev–Trinajstić information content (AvgIpc) is 2.79. The van der Waals surface area contributed by atoms with Gasteiger partial charge in [-0.25, -0.2) is 0 Å². The van der Waals surface area contributed by atoms with Gasteiger partial charge in [0.05, 0.1) is 0 Å². The zero-order valence-electron chi connectivity index (χ0n) is 19.8. The van der Waals surface area contributed by atoms with Crippen molar-refractivity contribution in [1.82, 2.24) is 0 Å². The Bertz CT molecular complexity index is 1060. The zero-order chi connectivity index (χ0) is 26.7. The Balaban J connectivity index is 2.07. The largest absolute Gasteiger partial charge is 0.405 e. The molecule has 0 amide bonds. The lowest BCUT2D eigenvalue weighted by Gasteiger charge is -2.35. The Morgan fingerprint density at radius 1 is 0.611 bits per heavy atom. The minimum absolute atomic E-state index is 0.376. The van der Waals surface area contributed by atoms with Crippen LogP contribution in [0.2, 0.25) is 0 Å². The van der Waals surface area contributed by atoms with E-state index in [9.17, 15) is 26.3 Å². The highest BCUT2D eigenvalue weighted by molar-refractivity contribution is 9.10. The van der Waals surface area contributed by atoms with E-state index in [0.717, 1.165) is 19.8 Å². The van der Waals surface area contributed by atoms with Crippen LogP contribution in [0, 0.1) is 0 Å². The fourth-order valence-corrected chi connectivity index (χ4v) is 4.42. The molecule has 36 heavy (non-hydrogen) atoms. The summed E-state index contributed by atoms with van der Waals surface area (Å²) in [5, 5.41) is 0. The molecule has 3 aromatic carbocycles. The van der Waals surface area contributed by atoms with Gasteiger partial charge in [-0.2, -0.15) is 26.3 Å². The smallest absolute Gasteiger partial charge is 0.366 e. The predicted molar refractivity (Wildman–Crippen MR) is 133 cm³/mol. The third kappa shape index (κ3) is 6.53. The molecular weight excluding hydrogens is 550 g/mol. The summed E-state index contributed by atoms with van der Waals surface area (Å²) in [6, 6.07) is 20.5. The Labute approximate surface area is 214 Å². The Morgan fingerprint density at radius 3 is 1.19 bits per heavy atom. The number of halogens is 7.